The molecule has 0 saturated heterocycles. The van der Waals surface area contributed by atoms with Gasteiger partial charge in [-0.05, 0) is 43.4 Å². The minimum Gasteiger partial charge on any atom is -0.497 e. The molecule has 0 saturated carbocycles. The van der Waals surface area contributed by atoms with Gasteiger partial charge in [-0.25, -0.2) is 0 Å². The van der Waals surface area contributed by atoms with Crippen LogP contribution in [0.5, 0.6) is 5.75 Å². The number of hydrogen-bond acceptors (Lipinski definition) is 3. The molecule has 0 atom stereocenters. The summed E-state index contributed by atoms with van der Waals surface area (Å²) >= 11 is 0. The van der Waals surface area contributed by atoms with Crippen LogP contribution in [0.15, 0.2) is 35.3 Å². The zero-order valence-corrected chi connectivity index (χ0v) is 14.6. The van der Waals surface area contributed by atoms with Crippen molar-refractivity contribution in [2.45, 2.75) is 45.1 Å². The van der Waals surface area contributed by atoms with Crippen molar-refractivity contribution in [1.29, 1.82) is 0 Å². The number of hydrogen-bond donors (Lipinski definition) is 2. The van der Waals surface area contributed by atoms with Crippen molar-refractivity contribution in [3.63, 3.8) is 0 Å². The molecule has 0 unspecified atom stereocenters. The van der Waals surface area contributed by atoms with Gasteiger partial charge >= 0.3 is 0 Å². The van der Waals surface area contributed by atoms with E-state index in [4.69, 9.17) is 4.74 Å². The average molecular weight is 340 g/mol. The number of rotatable bonds is 4. The zero-order chi connectivity index (χ0) is 17.6. The summed E-state index contributed by atoms with van der Waals surface area (Å²) in [5.74, 6) is 0.440. The number of carbonyl (C=O) groups is 1. The van der Waals surface area contributed by atoms with Crippen LogP contribution in [0, 0.1) is 0 Å². The zero-order valence-electron chi connectivity index (χ0n) is 14.6. The van der Waals surface area contributed by atoms with Gasteiger partial charge in [-0.15, -0.1) is 0 Å². The number of aryl methyl sites for hydroxylation is 1. The molecule has 1 heterocycles. The lowest BCUT2D eigenvalue weighted by Crippen LogP contribution is -2.31. The number of ether oxygens (including phenoxy) is 1. The number of methoxy groups -OCH3 is 1. The molecule has 0 bridgehead atoms. The van der Waals surface area contributed by atoms with E-state index < -0.39 is 0 Å². The van der Waals surface area contributed by atoms with Gasteiger partial charge < -0.3 is 15.0 Å². The van der Waals surface area contributed by atoms with Crippen molar-refractivity contribution in [3.05, 3.63) is 63.1 Å². The molecule has 132 valence electrons. The molecule has 1 amide bonds. The fraction of sp³-hybridized carbons (Fsp3) is 0.400. The Labute approximate surface area is 147 Å². The third-order valence-corrected chi connectivity index (χ3v) is 4.73. The van der Waals surface area contributed by atoms with E-state index in [1.807, 2.05) is 24.3 Å². The molecule has 0 fully saturated rings. The van der Waals surface area contributed by atoms with E-state index in [0.29, 0.717) is 6.54 Å². The molecule has 2 N–H and O–H groups in total. The van der Waals surface area contributed by atoms with Gasteiger partial charge in [0.1, 0.15) is 11.3 Å². The van der Waals surface area contributed by atoms with Crippen LogP contribution in [0.4, 0.5) is 0 Å². The lowest BCUT2D eigenvalue weighted by molar-refractivity contribution is 0.0949. The first kappa shape index (κ1) is 17.3. The minimum atomic E-state index is -0.332. The number of aromatic amines is 1. The van der Waals surface area contributed by atoms with Crippen molar-refractivity contribution in [2.75, 3.05) is 7.11 Å². The van der Waals surface area contributed by atoms with E-state index >= 15 is 0 Å². The molecular weight excluding hydrogens is 316 g/mol. The van der Waals surface area contributed by atoms with Crippen molar-refractivity contribution in [2.24, 2.45) is 0 Å². The molecule has 5 heteroatoms. The molecule has 0 aliphatic heterocycles. The highest BCUT2D eigenvalue weighted by Gasteiger charge is 2.17. The van der Waals surface area contributed by atoms with Gasteiger partial charge in [0.2, 0.25) is 0 Å². The summed E-state index contributed by atoms with van der Waals surface area (Å²) in [7, 11) is 1.61. The number of amides is 1. The fourth-order valence-corrected chi connectivity index (χ4v) is 3.25. The highest BCUT2D eigenvalue weighted by molar-refractivity contribution is 5.94. The smallest absolute Gasteiger partial charge is 0.257 e. The predicted octanol–water partition coefficient (Wildman–Crippen LogP) is 2.97. The van der Waals surface area contributed by atoms with Crippen molar-refractivity contribution in [1.82, 2.24) is 10.3 Å². The third kappa shape index (κ3) is 4.10. The van der Waals surface area contributed by atoms with Crippen LogP contribution < -0.4 is 15.5 Å². The van der Waals surface area contributed by atoms with E-state index in [9.17, 15) is 9.59 Å². The first-order chi connectivity index (χ1) is 12.2. The lowest BCUT2D eigenvalue weighted by atomic mass is 9.95. The Morgan fingerprint density at radius 1 is 1.12 bits per heavy atom. The maximum absolute atomic E-state index is 12.7. The second-order valence-corrected chi connectivity index (χ2v) is 6.43. The summed E-state index contributed by atoms with van der Waals surface area (Å²) in [5.41, 5.74) is 2.82. The van der Waals surface area contributed by atoms with E-state index in [0.717, 1.165) is 54.7 Å². The Morgan fingerprint density at radius 2 is 1.84 bits per heavy atom. The van der Waals surface area contributed by atoms with Crippen LogP contribution in [0.3, 0.4) is 0 Å². The average Bonchev–Trinajstić information content (AvgIpc) is 2.61. The number of nitrogens with one attached hydrogen (secondary N) is 2. The molecule has 2 aromatic rings. The highest BCUT2D eigenvalue weighted by Crippen LogP contribution is 2.16. The standard InChI is InChI=1S/C20H24N2O3/c1-25-15-10-8-14(9-11-15)12-22-20(24)17-13-21-18-7-5-3-2-4-6-16(18)19(17)23/h8-11,13H,2-7,12H2,1H3,(H,21,23)(H,22,24). The highest BCUT2D eigenvalue weighted by atomic mass is 16.5. The van der Waals surface area contributed by atoms with Crippen LogP contribution in [-0.2, 0) is 19.4 Å². The molecule has 1 aromatic heterocycles. The molecule has 5 nitrogen and oxygen atoms in total. The molecule has 3 rings (SSSR count). The number of fused-ring (bicyclic) bond motifs is 1. The summed E-state index contributed by atoms with van der Waals surface area (Å²) in [6.45, 7) is 0.374. The van der Waals surface area contributed by atoms with Crippen LogP contribution in [0.2, 0.25) is 0 Å². The molecule has 1 aromatic carbocycles. The van der Waals surface area contributed by atoms with Gasteiger partial charge in [0, 0.05) is 24.0 Å². The Balaban J connectivity index is 1.73. The molecule has 0 radical (unpaired) electrons. The van der Waals surface area contributed by atoms with Gasteiger partial charge in [-0.1, -0.05) is 25.0 Å². The fourth-order valence-electron chi connectivity index (χ4n) is 3.25. The monoisotopic (exact) mass is 340 g/mol. The van der Waals surface area contributed by atoms with Crippen molar-refractivity contribution >= 4 is 5.91 Å². The largest absolute Gasteiger partial charge is 0.497 e. The summed E-state index contributed by atoms with van der Waals surface area (Å²) in [6, 6.07) is 7.48. The number of H-pyrrole nitrogens is 1. The summed E-state index contributed by atoms with van der Waals surface area (Å²) < 4.78 is 5.12. The Hall–Kier alpha value is -2.56. The molecule has 0 spiro atoms. The van der Waals surface area contributed by atoms with Gasteiger partial charge in [0.25, 0.3) is 5.91 Å². The van der Waals surface area contributed by atoms with Crippen molar-refractivity contribution < 1.29 is 9.53 Å². The van der Waals surface area contributed by atoms with E-state index in [1.165, 1.54) is 6.42 Å². The number of pyridine rings is 1. The van der Waals surface area contributed by atoms with Gasteiger partial charge in [0.05, 0.1) is 7.11 Å². The second-order valence-electron chi connectivity index (χ2n) is 6.43. The van der Waals surface area contributed by atoms with E-state index in [1.54, 1.807) is 13.3 Å². The van der Waals surface area contributed by atoms with E-state index in [-0.39, 0.29) is 16.9 Å². The topological polar surface area (TPSA) is 71.2 Å². The SMILES string of the molecule is COc1ccc(CNC(=O)c2c[nH]c3c(c2=O)CCCCCC3)cc1. The maximum atomic E-state index is 12.7. The normalized spacial score (nSPS) is 14.1. The molecular formula is C20H24N2O3. The third-order valence-electron chi connectivity index (χ3n) is 4.73. The molecule has 1 aliphatic rings. The van der Waals surface area contributed by atoms with Crippen LogP contribution in [0.25, 0.3) is 0 Å². The van der Waals surface area contributed by atoms with Crippen LogP contribution in [-0.4, -0.2) is 18.0 Å². The summed E-state index contributed by atoms with van der Waals surface area (Å²) in [5, 5.41) is 2.83. The van der Waals surface area contributed by atoms with Crippen molar-refractivity contribution in [3.8, 4) is 5.75 Å². The summed E-state index contributed by atoms with van der Waals surface area (Å²) in [4.78, 5) is 28.3. The van der Waals surface area contributed by atoms with Gasteiger partial charge in [-0.3, -0.25) is 9.59 Å². The maximum Gasteiger partial charge on any atom is 0.257 e. The second kappa shape index (κ2) is 8.01. The minimum absolute atomic E-state index is 0.122. The summed E-state index contributed by atoms with van der Waals surface area (Å²) in [6.07, 6.45) is 7.64. The molecule has 1 aliphatic carbocycles. The lowest BCUT2D eigenvalue weighted by Gasteiger charge is -2.14. The quantitative estimate of drug-likeness (QED) is 0.899. The number of carbonyl (C=O) groups excluding carboxylic acids is 1. The first-order valence-electron chi connectivity index (χ1n) is 8.83. The Kier molecular flexibility index (Phi) is 5.53. The first-order valence-corrected chi connectivity index (χ1v) is 8.83. The Bertz CT molecular complexity index is 794. The van der Waals surface area contributed by atoms with Crippen LogP contribution >= 0.6 is 0 Å². The number of aromatic nitrogens is 1. The van der Waals surface area contributed by atoms with Crippen LogP contribution in [0.1, 0.15) is 52.9 Å². The Morgan fingerprint density at radius 3 is 2.56 bits per heavy atom. The van der Waals surface area contributed by atoms with E-state index in [2.05, 4.69) is 10.3 Å². The van der Waals surface area contributed by atoms with Gasteiger partial charge in [-0.2, -0.15) is 0 Å². The van der Waals surface area contributed by atoms with Gasteiger partial charge in [0.15, 0.2) is 5.43 Å². The molecule has 25 heavy (non-hydrogen) atoms. The predicted molar refractivity (Wildman–Crippen MR) is 97.1 cm³/mol. The number of benzene rings is 1.